The summed E-state index contributed by atoms with van der Waals surface area (Å²) in [5.41, 5.74) is 6.84. The first kappa shape index (κ1) is 18.2. The largest absolute Gasteiger partial charge is 0.433 e. The molecule has 0 saturated heterocycles. The van der Waals surface area contributed by atoms with Gasteiger partial charge in [0.2, 0.25) is 5.91 Å². The minimum Gasteiger partial charge on any atom is -0.433 e. The van der Waals surface area contributed by atoms with Gasteiger partial charge < -0.3 is 21.1 Å². The van der Waals surface area contributed by atoms with Gasteiger partial charge in [-0.3, -0.25) is 9.59 Å². The van der Waals surface area contributed by atoms with Gasteiger partial charge in [0.05, 0.1) is 17.8 Å². The number of nitrogens with one attached hydrogen (secondary N) is 2. The molecule has 0 aliphatic carbocycles. The molecule has 0 unspecified atom stereocenters. The summed E-state index contributed by atoms with van der Waals surface area (Å²) < 4.78 is 29.1. The first-order chi connectivity index (χ1) is 11.9. The average molecular weight is 349 g/mol. The molecule has 0 aromatic heterocycles. The zero-order valence-corrected chi connectivity index (χ0v) is 13.4. The Bertz CT molecular complexity index is 781. The molecule has 0 heterocycles. The number of aryl methyl sites for hydroxylation is 1. The van der Waals surface area contributed by atoms with Crippen LogP contribution in [0, 0.1) is 6.92 Å². The van der Waals surface area contributed by atoms with Crippen LogP contribution >= 0.6 is 0 Å². The van der Waals surface area contributed by atoms with Gasteiger partial charge in [-0.1, -0.05) is 24.3 Å². The Labute approximate surface area is 143 Å². The summed E-state index contributed by atoms with van der Waals surface area (Å²) in [7, 11) is 0. The first-order valence-corrected chi connectivity index (χ1v) is 7.35. The van der Waals surface area contributed by atoms with E-state index < -0.39 is 18.4 Å². The molecule has 2 amide bonds. The van der Waals surface area contributed by atoms with E-state index in [1.807, 2.05) is 0 Å². The Morgan fingerprint density at radius 1 is 1.12 bits per heavy atom. The highest BCUT2D eigenvalue weighted by Gasteiger charge is 2.14. The van der Waals surface area contributed by atoms with E-state index in [2.05, 4.69) is 15.4 Å². The molecule has 2 rings (SSSR count). The average Bonchev–Trinajstić information content (AvgIpc) is 2.54. The normalized spacial score (nSPS) is 10.4. The molecule has 2 aromatic carbocycles. The summed E-state index contributed by atoms with van der Waals surface area (Å²) in [6.45, 7) is -1.46. The van der Waals surface area contributed by atoms with Gasteiger partial charge in [0.1, 0.15) is 5.75 Å². The van der Waals surface area contributed by atoms with Crippen LogP contribution in [0.2, 0.25) is 0 Å². The zero-order valence-electron chi connectivity index (χ0n) is 13.4. The number of hydrogen-bond donors (Lipinski definition) is 3. The lowest BCUT2D eigenvalue weighted by atomic mass is 10.1. The van der Waals surface area contributed by atoms with Crippen molar-refractivity contribution >= 4 is 23.2 Å². The minimum atomic E-state index is -3.00. The molecule has 0 atom stereocenters. The topological polar surface area (TPSA) is 93.4 Å². The van der Waals surface area contributed by atoms with E-state index >= 15 is 0 Å². The highest BCUT2D eigenvalue weighted by molar-refractivity contribution is 6.01. The van der Waals surface area contributed by atoms with Crippen LogP contribution in [0.15, 0.2) is 42.5 Å². The predicted octanol–water partition coefficient (Wildman–Crippen LogP) is 2.75. The van der Waals surface area contributed by atoms with E-state index in [0.717, 1.165) is 0 Å². The molecular weight excluding hydrogens is 332 g/mol. The molecule has 2 aromatic rings. The van der Waals surface area contributed by atoms with E-state index in [9.17, 15) is 18.4 Å². The smallest absolute Gasteiger partial charge is 0.387 e. The fraction of sp³-hybridized carbons (Fsp3) is 0.176. The summed E-state index contributed by atoms with van der Waals surface area (Å²) in [5.74, 6) is -1.25. The second kappa shape index (κ2) is 8.09. The quantitative estimate of drug-likeness (QED) is 0.716. The van der Waals surface area contributed by atoms with Crippen molar-refractivity contribution < 1.29 is 23.1 Å². The maximum absolute atomic E-state index is 12.4. The number of para-hydroxylation sites is 2. The molecule has 0 spiro atoms. The van der Waals surface area contributed by atoms with Gasteiger partial charge >= 0.3 is 6.61 Å². The number of benzene rings is 2. The monoisotopic (exact) mass is 349 g/mol. The predicted molar refractivity (Wildman–Crippen MR) is 89.9 cm³/mol. The summed E-state index contributed by atoms with van der Waals surface area (Å²) in [6.07, 6.45) is 0. The van der Waals surface area contributed by atoms with Crippen LogP contribution in [-0.2, 0) is 4.79 Å². The van der Waals surface area contributed by atoms with Crippen LogP contribution in [-0.4, -0.2) is 25.0 Å². The van der Waals surface area contributed by atoms with Crippen molar-refractivity contribution in [2.45, 2.75) is 13.5 Å². The van der Waals surface area contributed by atoms with Crippen LogP contribution in [0.1, 0.15) is 15.9 Å². The second-order valence-electron chi connectivity index (χ2n) is 5.14. The Morgan fingerprint density at radius 2 is 1.80 bits per heavy atom. The van der Waals surface area contributed by atoms with Gasteiger partial charge in [-0.25, -0.2) is 0 Å². The SMILES string of the molecule is Cc1cccc(NCC(=O)Nc2ccccc2OC(F)F)c1C(N)=O. The molecule has 6 nitrogen and oxygen atoms in total. The van der Waals surface area contributed by atoms with Crippen LogP contribution in [0.5, 0.6) is 5.75 Å². The van der Waals surface area contributed by atoms with Crippen molar-refractivity contribution in [1.29, 1.82) is 0 Å². The summed E-state index contributed by atoms with van der Waals surface area (Å²) >= 11 is 0. The lowest BCUT2D eigenvalue weighted by Crippen LogP contribution is -2.24. The Hall–Kier alpha value is -3.16. The molecule has 132 valence electrons. The van der Waals surface area contributed by atoms with Crippen molar-refractivity contribution in [2.75, 3.05) is 17.2 Å². The zero-order chi connectivity index (χ0) is 18.4. The number of halogens is 2. The van der Waals surface area contributed by atoms with Gasteiger partial charge in [0.25, 0.3) is 5.91 Å². The highest BCUT2D eigenvalue weighted by Crippen LogP contribution is 2.25. The summed E-state index contributed by atoms with van der Waals surface area (Å²) in [6, 6.07) is 10.9. The summed E-state index contributed by atoms with van der Waals surface area (Å²) in [4.78, 5) is 23.6. The maximum atomic E-state index is 12.4. The third-order valence-corrected chi connectivity index (χ3v) is 3.34. The van der Waals surface area contributed by atoms with E-state index in [4.69, 9.17) is 5.73 Å². The standard InChI is InChI=1S/C17H17F2N3O3/c1-10-5-4-7-12(15(10)16(20)24)21-9-14(23)22-11-6-2-3-8-13(11)25-17(18)19/h2-8,17,21H,9H2,1H3,(H2,20,24)(H,22,23). The Balaban J connectivity index is 2.05. The number of nitrogens with two attached hydrogens (primary N) is 1. The third-order valence-electron chi connectivity index (χ3n) is 3.34. The number of primary amides is 1. The van der Waals surface area contributed by atoms with E-state index in [0.29, 0.717) is 11.3 Å². The molecule has 0 aliphatic rings. The van der Waals surface area contributed by atoms with E-state index in [-0.39, 0.29) is 23.5 Å². The van der Waals surface area contributed by atoms with Crippen LogP contribution in [0.4, 0.5) is 20.2 Å². The van der Waals surface area contributed by atoms with Gasteiger partial charge in [-0.2, -0.15) is 8.78 Å². The molecule has 0 bridgehead atoms. The molecule has 0 saturated carbocycles. The molecule has 0 aliphatic heterocycles. The molecule has 4 N–H and O–H groups in total. The minimum absolute atomic E-state index is 0.119. The fourth-order valence-electron chi connectivity index (χ4n) is 2.28. The first-order valence-electron chi connectivity index (χ1n) is 7.35. The molecule has 0 radical (unpaired) electrons. The van der Waals surface area contributed by atoms with E-state index in [1.54, 1.807) is 31.2 Å². The van der Waals surface area contributed by atoms with Crippen molar-refractivity contribution in [3.05, 3.63) is 53.6 Å². The molecule has 0 fully saturated rings. The second-order valence-corrected chi connectivity index (χ2v) is 5.14. The fourth-order valence-corrected chi connectivity index (χ4v) is 2.28. The number of amides is 2. The number of carbonyl (C=O) groups is 2. The number of carbonyl (C=O) groups excluding carboxylic acids is 2. The molecular formula is C17H17F2N3O3. The van der Waals surface area contributed by atoms with Crippen LogP contribution in [0.3, 0.4) is 0 Å². The maximum Gasteiger partial charge on any atom is 0.387 e. The van der Waals surface area contributed by atoms with Gasteiger partial charge in [-0.05, 0) is 30.7 Å². The lowest BCUT2D eigenvalue weighted by molar-refractivity contribution is -0.114. The Kier molecular flexibility index (Phi) is 5.89. The van der Waals surface area contributed by atoms with Crippen molar-refractivity contribution in [2.24, 2.45) is 5.73 Å². The third kappa shape index (κ3) is 4.90. The van der Waals surface area contributed by atoms with Crippen molar-refractivity contribution in [1.82, 2.24) is 0 Å². The number of rotatable bonds is 7. The van der Waals surface area contributed by atoms with Crippen LogP contribution in [0.25, 0.3) is 0 Å². The van der Waals surface area contributed by atoms with Gasteiger partial charge in [-0.15, -0.1) is 0 Å². The van der Waals surface area contributed by atoms with E-state index in [1.165, 1.54) is 18.2 Å². The van der Waals surface area contributed by atoms with Crippen LogP contribution < -0.4 is 21.1 Å². The van der Waals surface area contributed by atoms with Gasteiger partial charge in [0.15, 0.2) is 0 Å². The number of ether oxygens (including phenoxy) is 1. The number of hydrogen-bond acceptors (Lipinski definition) is 4. The lowest BCUT2D eigenvalue weighted by Gasteiger charge is -2.14. The highest BCUT2D eigenvalue weighted by atomic mass is 19.3. The summed E-state index contributed by atoms with van der Waals surface area (Å²) in [5, 5.41) is 5.29. The van der Waals surface area contributed by atoms with Gasteiger partial charge in [0, 0.05) is 5.69 Å². The van der Waals surface area contributed by atoms with Crippen molar-refractivity contribution in [3.63, 3.8) is 0 Å². The van der Waals surface area contributed by atoms with Crippen molar-refractivity contribution in [3.8, 4) is 5.75 Å². The molecule has 25 heavy (non-hydrogen) atoms. The number of alkyl halides is 2. The molecule has 8 heteroatoms. The number of anilines is 2. The Morgan fingerprint density at radius 3 is 2.48 bits per heavy atom.